The summed E-state index contributed by atoms with van der Waals surface area (Å²) in [7, 11) is 0. The highest BCUT2D eigenvalue weighted by atomic mass is 35.5. The van der Waals surface area contributed by atoms with Gasteiger partial charge >= 0.3 is 5.97 Å². The molecule has 1 aromatic carbocycles. The summed E-state index contributed by atoms with van der Waals surface area (Å²) in [5.41, 5.74) is 0.621. The van der Waals surface area contributed by atoms with Gasteiger partial charge in [0.25, 0.3) is 5.91 Å². The zero-order valence-corrected chi connectivity index (χ0v) is 11.5. The fourth-order valence-electron chi connectivity index (χ4n) is 1.66. The summed E-state index contributed by atoms with van der Waals surface area (Å²) < 4.78 is 0. The highest BCUT2D eigenvalue weighted by Crippen LogP contribution is 2.21. The first-order valence-corrected chi connectivity index (χ1v) is 6.30. The Labute approximate surface area is 125 Å². The van der Waals surface area contributed by atoms with Gasteiger partial charge in [-0.3, -0.25) is 9.78 Å². The fraction of sp³-hybridized carbons (Fsp3) is 0.0714. The van der Waals surface area contributed by atoms with Crippen molar-refractivity contribution in [1.29, 1.82) is 0 Å². The summed E-state index contributed by atoms with van der Waals surface area (Å²) >= 11 is 5.87. The molecule has 2 aromatic rings. The van der Waals surface area contributed by atoms with E-state index in [1.165, 1.54) is 36.5 Å². The number of phenols is 1. The van der Waals surface area contributed by atoms with Crippen LogP contribution in [0.3, 0.4) is 0 Å². The number of hydrogen-bond acceptors (Lipinski definition) is 4. The smallest absolute Gasteiger partial charge is 0.335 e. The molecule has 0 spiro atoms. The van der Waals surface area contributed by atoms with Crippen LogP contribution in [0.4, 0.5) is 0 Å². The average molecular weight is 307 g/mol. The lowest BCUT2D eigenvalue weighted by Crippen LogP contribution is -2.23. The number of halogens is 1. The van der Waals surface area contributed by atoms with Crippen LogP contribution in [-0.4, -0.2) is 27.1 Å². The first kappa shape index (κ1) is 14.8. The van der Waals surface area contributed by atoms with Gasteiger partial charge in [-0.15, -0.1) is 0 Å². The summed E-state index contributed by atoms with van der Waals surface area (Å²) in [6.45, 7) is 0.0476. The van der Waals surface area contributed by atoms with E-state index >= 15 is 0 Å². The number of hydrogen-bond donors (Lipinski definition) is 3. The van der Waals surface area contributed by atoms with Crippen LogP contribution in [0.15, 0.2) is 36.5 Å². The molecule has 0 aliphatic rings. The van der Waals surface area contributed by atoms with Crippen LogP contribution < -0.4 is 5.32 Å². The molecule has 0 unspecified atom stereocenters. The van der Waals surface area contributed by atoms with Crippen molar-refractivity contribution in [3.05, 3.63) is 58.4 Å². The van der Waals surface area contributed by atoms with Crippen LogP contribution in [0, 0.1) is 0 Å². The van der Waals surface area contributed by atoms with Gasteiger partial charge in [-0.25, -0.2) is 4.79 Å². The van der Waals surface area contributed by atoms with Crippen LogP contribution in [0.25, 0.3) is 0 Å². The zero-order chi connectivity index (χ0) is 15.4. The highest BCUT2D eigenvalue weighted by Gasteiger charge is 2.12. The number of benzene rings is 1. The molecule has 0 atom stereocenters. The molecule has 108 valence electrons. The maximum atomic E-state index is 12.0. The van der Waals surface area contributed by atoms with Gasteiger partial charge in [0.1, 0.15) is 5.75 Å². The molecule has 0 saturated carbocycles. The van der Waals surface area contributed by atoms with Gasteiger partial charge in [-0.2, -0.15) is 0 Å². The van der Waals surface area contributed by atoms with E-state index in [-0.39, 0.29) is 28.4 Å². The Morgan fingerprint density at radius 3 is 2.71 bits per heavy atom. The molecule has 2 rings (SSSR count). The number of nitrogens with zero attached hydrogens (tertiary/aromatic N) is 1. The fourth-order valence-corrected chi connectivity index (χ4v) is 1.86. The van der Waals surface area contributed by atoms with Crippen LogP contribution in [0.1, 0.15) is 26.4 Å². The Balaban J connectivity index is 2.09. The molecule has 1 amide bonds. The van der Waals surface area contributed by atoms with E-state index in [2.05, 4.69) is 10.3 Å². The molecule has 6 nitrogen and oxygen atoms in total. The van der Waals surface area contributed by atoms with E-state index in [0.717, 1.165) is 0 Å². The van der Waals surface area contributed by atoms with Gasteiger partial charge in [-0.05, 0) is 30.3 Å². The summed E-state index contributed by atoms with van der Waals surface area (Å²) in [4.78, 5) is 26.8. The Hall–Kier alpha value is -2.60. The third-order valence-corrected chi connectivity index (χ3v) is 3.02. The van der Waals surface area contributed by atoms with Crippen molar-refractivity contribution in [3.8, 4) is 5.75 Å². The summed E-state index contributed by atoms with van der Waals surface area (Å²) in [5.74, 6) is -1.63. The number of amides is 1. The summed E-state index contributed by atoms with van der Waals surface area (Å²) in [5, 5.41) is 21.0. The number of phenolic OH excluding ortho intramolecular Hbond substituents is 1. The van der Waals surface area contributed by atoms with Crippen LogP contribution in [0.2, 0.25) is 5.02 Å². The first-order chi connectivity index (χ1) is 9.97. The van der Waals surface area contributed by atoms with Crippen molar-refractivity contribution >= 4 is 23.5 Å². The second-order valence-corrected chi connectivity index (χ2v) is 4.60. The predicted octanol–water partition coefficient (Wildman–Crippen LogP) is 2.07. The Morgan fingerprint density at radius 1 is 1.24 bits per heavy atom. The average Bonchev–Trinajstić information content (AvgIpc) is 2.47. The number of aromatic hydroxyl groups is 1. The van der Waals surface area contributed by atoms with E-state index < -0.39 is 11.9 Å². The molecule has 0 bridgehead atoms. The van der Waals surface area contributed by atoms with Gasteiger partial charge in [0.05, 0.1) is 28.4 Å². The van der Waals surface area contributed by atoms with Crippen LogP contribution in [0.5, 0.6) is 5.75 Å². The van der Waals surface area contributed by atoms with Crippen molar-refractivity contribution in [2.75, 3.05) is 0 Å². The molecular formula is C14H11ClN2O4. The molecule has 1 heterocycles. The minimum Gasteiger partial charge on any atom is -0.508 e. The van der Waals surface area contributed by atoms with Gasteiger partial charge in [-0.1, -0.05) is 11.6 Å². The molecule has 1 aromatic heterocycles. The SMILES string of the molecule is O=C(O)c1ccnc(CNC(=O)c2cc(O)ccc2Cl)c1. The third kappa shape index (κ3) is 3.70. The van der Waals surface area contributed by atoms with Gasteiger partial charge in [0, 0.05) is 6.20 Å². The van der Waals surface area contributed by atoms with Gasteiger partial charge < -0.3 is 15.5 Å². The predicted molar refractivity (Wildman–Crippen MR) is 75.5 cm³/mol. The second kappa shape index (κ2) is 6.23. The Kier molecular flexibility index (Phi) is 4.39. The molecule has 0 radical (unpaired) electrons. The standard InChI is InChI=1S/C14H11ClN2O4/c15-12-2-1-10(18)6-11(12)13(19)17-7-9-5-8(14(20)21)3-4-16-9/h1-6,18H,7H2,(H,17,19)(H,20,21). The lowest BCUT2D eigenvalue weighted by atomic mass is 10.2. The molecule has 0 aliphatic heterocycles. The van der Waals surface area contributed by atoms with E-state index in [0.29, 0.717) is 5.69 Å². The minimum atomic E-state index is -1.07. The molecule has 0 aliphatic carbocycles. The number of aromatic nitrogens is 1. The van der Waals surface area contributed by atoms with Gasteiger partial charge in [0.2, 0.25) is 0 Å². The first-order valence-electron chi connectivity index (χ1n) is 5.92. The van der Waals surface area contributed by atoms with Crippen molar-refractivity contribution in [3.63, 3.8) is 0 Å². The maximum absolute atomic E-state index is 12.0. The molecule has 7 heteroatoms. The number of nitrogens with one attached hydrogen (secondary N) is 1. The summed E-state index contributed by atoms with van der Waals surface area (Å²) in [6.07, 6.45) is 1.35. The lowest BCUT2D eigenvalue weighted by Gasteiger charge is -2.07. The minimum absolute atomic E-state index is 0.0476. The van der Waals surface area contributed by atoms with Crippen LogP contribution >= 0.6 is 11.6 Å². The lowest BCUT2D eigenvalue weighted by molar-refractivity contribution is 0.0696. The third-order valence-electron chi connectivity index (χ3n) is 2.69. The highest BCUT2D eigenvalue weighted by molar-refractivity contribution is 6.33. The Bertz CT molecular complexity index is 703. The number of carboxylic acid groups (broad SMARTS) is 1. The normalized spacial score (nSPS) is 10.1. The summed E-state index contributed by atoms with van der Waals surface area (Å²) in [6, 6.07) is 6.76. The molecule has 21 heavy (non-hydrogen) atoms. The maximum Gasteiger partial charge on any atom is 0.335 e. The topological polar surface area (TPSA) is 99.5 Å². The van der Waals surface area contributed by atoms with E-state index in [9.17, 15) is 14.7 Å². The number of carbonyl (C=O) groups excluding carboxylic acids is 1. The number of pyridine rings is 1. The molecule has 0 fully saturated rings. The van der Waals surface area contributed by atoms with E-state index in [1.54, 1.807) is 0 Å². The zero-order valence-electron chi connectivity index (χ0n) is 10.7. The van der Waals surface area contributed by atoms with Crippen molar-refractivity contribution in [1.82, 2.24) is 10.3 Å². The Morgan fingerprint density at radius 2 is 2.00 bits per heavy atom. The van der Waals surface area contributed by atoms with Crippen molar-refractivity contribution < 1.29 is 19.8 Å². The van der Waals surface area contributed by atoms with Crippen molar-refractivity contribution in [2.24, 2.45) is 0 Å². The van der Waals surface area contributed by atoms with Crippen molar-refractivity contribution in [2.45, 2.75) is 6.54 Å². The van der Waals surface area contributed by atoms with Crippen LogP contribution in [-0.2, 0) is 6.54 Å². The van der Waals surface area contributed by atoms with E-state index in [4.69, 9.17) is 16.7 Å². The van der Waals surface area contributed by atoms with E-state index in [1.807, 2.05) is 0 Å². The number of aromatic carboxylic acids is 1. The monoisotopic (exact) mass is 306 g/mol. The van der Waals surface area contributed by atoms with Gasteiger partial charge in [0.15, 0.2) is 0 Å². The quantitative estimate of drug-likeness (QED) is 0.803. The molecular weight excluding hydrogens is 296 g/mol. The molecule has 0 saturated heterocycles. The number of rotatable bonds is 4. The number of carboxylic acids is 1. The number of carbonyl (C=O) groups is 2. The second-order valence-electron chi connectivity index (χ2n) is 4.19. The largest absolute Gasteiger partial charge is 0.508 e. The molecule has 3 N–H and O–H groups in total.